The van der Waals surface area contributed by atoms with Gasteiger partial charge >= 0.3 is 0 Å². The first-order valence-corrected chi connectivity index (χ1v) is 5.36. The molecule has 0 unspecified atom stereocenters. The fourth-order valence-corrected chi connectivity index (χ4v) is 1.35. The highest BCUT2D eigenvalue weighted by atomic mass is 35.5. The van der Waals surface area contributed by atoms with E-state index in [2.05, 4.69) is 5.32 Å². The normalized spacial score (nSPS) is 12.0. The summed E-state index contributed by atoms with van der Waals surface area (Å²) >= 11 is 5.86. The van der Waals surface area contributed by atoms with Gasteiger partial charge in [-0.3, -0.25) is 4.79 Å². The molecule has 1 aromatic carbocycles. The van der Waals surface area contributed by atoms with Crippen LogP contribution < -0.4 is 15.8 Å². The summed E-state index contributed by atoms with van der Waals surface area (Å²) in [5, 5.41) is 3.19. The molecule has 0 bridgehead atoms. The topological polar surface area (TPSA) is 64.4 Å². The van der Waals surface area contributed by atoms with E-state index in [-0.39, 0.29) is 5.91 Å². The molecule has 1 amide bonds. The van der Waals surface area contributed by atoms with Crippen LogP contribution in [0, 0.1) is 0 Å². The number of nitrogens with one attached hydrogen (secondary N) is 1. The summed E-state index contributed by atoms with van der Waals surface area (Å²) in [5.41, 5.74) is 6.22. The van der Waals surface area contributed by atoms with Gasteiger partial charge in [-0.05, 0) is 18.6 Å². The predicted molar refractivity (Wildman–Crippen MR) is 64.9 cm³/mol. The molecule has 16 heavy (non-hydrogen) atoms. The summed E-state index contributed by atoms with van der Waals surface area (Å²) in [7, 11) is 1.52. The molecule has 0 aliphatic heterocycles. The van der Waals surface area contributed by atoms with E-state index in [0.717, 1.165) is 0 Å². The highest BCUT2D eigenvalue weighted by molar-refractivity contribution is 6.32. The van der Waals surface area contributed by atoms with Crippen molar-refractivity contribution in [2.75, 3.05) is 12.4 Å². The summed E-state index contributed by atoms with van der Waals surface area (Å²) in [6, 6.07) is 4.52. The minimum Gasteiger partial charge on any atom is -0.495 e. The van der Waals surface area contributed by atoms with Gasteiger partial charge in [0.1, 0.15) is 5.75 Å². The van der Waals surface area contributed by atoms with Gasteiger partial charge < -0.3 is 15.8 Å². The number of amides is 1. The van der Waals surface area contributed by atoms with Crippen molar-refractivity contribution < 1.29 is 9.53 Å². The first-order chi connectivity index (χ1) is 7.58. The summed E-state index contributed by atoms with van der Waals surface area (Å²) in [4.78, 5) is 11.5. The Hall–Kier alpha value is -1.26. The summed E-state index contributed by atoms with van der Waals surface area (Å²) in [6.07, 6.45) is 0.594. The van der Waals surface area contributed by atoms with Crippen LogP contribution in [0.2, 0.25) is 5.02 Å². The van der Waals surface area contributed by atoms with E-state index in [9.17, 15) is 4.79 Å². The lowest BCUT2D eigenvalue weighted by Crippen LogP contribution is -2.34. The van der Waals surface area contributed by atoms with Crippen molar-refractivity contribution in [1.29, 1.82) is 0 Å². The molecule has 88 valence electrons. The third kappa shape index (κ3) is 3.12. The summed E-state index contributed by atoms with van der Waals surface area (Å²) < 4.78 is 5.04. The second kappa shape index (κ2) is 5.72. The van der Waals surface area contributed by atoms with Gasteiger partial charge in [-0.25, -0.2) is 0 Å². The van der Waals surface area contributed by atoms with E-state index in [1.165, 1.54) is 7.11 Å². The number of hydrogen-bond acceptors (Lipinski definition) is 3. The minimum atomic E-state index is -0.498. The summed E-state index contributed by atoms with van der Waals surface area (Å²) in [6.45, 7) is 1.85. The molecule has 1 atom stereocenters. The van der Waals surface area contributed by atoms with Crippen LogP contribution in [0.1, 0.15) is 13.3 Å². The molecule has 0 aromatic heterocycles. The number of nitrogens with two attached hydrogens (primary N) is 1. The van der Waals surface area contributed by atoms with Gasteiger partial charge in [0.25, 0.3) is 0 Å². The molecule has 0 saturated heterocycles. The van der Waals surface area contributed by atoms with Gasteiger partial charge in [-0.15, -0.1) is 0 Å². The maximum absolute atomic E-state index is 11.5. The highest BCUT2D eigenvalue weighted by Crippen LogP contribution is 2.27. The molecule has 0 heterocycles. The fourth-order valence-electron chi connectivity index (χ4n) is 1.16. The number of ether oxygens (including phenoxy) is 1. The van der Waals surface area contributed by atoms with E-state index >= 15 is 0 Å². The number of anilines is 1. The maximum Gasteiger partial charge on any atom is 0.241 e. The van der Waals surface area contributed by atoms with Crippen LogP contribution in [-0.4, -0.2) is 19.1 Å². The molecule has 0 aliphatic carbocycles. The van der Waals surface area contributed by atoms with Gasteiger partial charge in [0.05, 0.1) is 18.2 Å². The second-order valence-electron chi connectivity index (χ2n) is 3.35. The van der Waals surface area contributed by atoms with Crippen LogP contribution in [0.5, 0.6) is 5.75 Å². The largest absolute Gasteiger partial charge is 0.495 e. The van der Waals surface area contributed by atoms with Gasteiger partial charge in [0.15, 0.2) is 0 Å². The third-order valence-corrected chi connectivity index (χ3v) is 2.51. The fraction of sp³-hybridized carbons (Fsp3) is 0.364. The smallest absolute Gasteiger partial charge is 0.241 e. The lowest BCUT2D eigenvalue weighted by molar-refractivity contribution is -0.117. The van der Waals surface area contributed by atoms with E-state index < -0.39 is 6.04 Å². The molecule has 0 saturated carbocycles. The Morgan fingerprint density at radius 2 is 2.31 bits per heavy atom. The van der Waals surface area contributed by atoms with Gasteiger partial charge in [-0.1, -0.05) is 18.5 Å². The van der Waals surface area contributed by atoms with E-state index in [1.807, 2.05) is 6.92 Å². The third-order valence-electron chi connectivity index (χ3n) is 2.20. The van der Waals surface area contributed by atoms with Crippen LogP contribution >= 0.6 is 11.6 Å². The number of rotatable bonds is 4. The standard InChI is InChI=1S/C11H15ClN2O2/c1-3-9(13)11(15)14-7-4-5-8(12)10(6-7)16-2/h4-6,9H,3,13H2,1-2H3,(H,14,15)/t9-/m1/s1. The molecule has 1 aromatic rings. The van der Waals surface area contributed by atoms with E-state index in [0.29, 0.717) is 22.9 Å². The van der Waals surface area contributed by atoms with Crippen molar-refractivity contribution >= 4 is 23.2 Å². The quantitative estimate of drug-likeness (QED) is 0.849. The zero-order valence-corrected chi connectivity index (χ0v) is 10.0. The van der Waals surface area contributed by atoms with Crippen LogP contribution in [-0.2, 0) is 4.79 Å². The first kappa shape index (κ1) is 12.8. The first-order valence-electron chi connectivity index (χ1n) is 4.98. The van der Waals surface area contributed by atoms with E-state index in [4.69, 9.17) is 22.1 Å². The lowest BCUT2D eigenvalue weighted by atomic mass is 10.2. The molecule has 0 spiro atoms. The Kier molecular flexibility index (Phi) is 4.58. The van der Waals surface area contributed by atoms with Crippen LogP contribution in [0.4, 0.5) is 5.69 Å². The van der Waals surface area contributed by atoms with Crippen molar-refractivity contribution in [2.24, 2.45) is 5.73 Å². The van der Waals surface area contributed by atoms with Gasteiger partial charge in [0.2, 0.25) is 5.91 Å². The molecule has 0 fully saturated rings. The van der Waals surface area contributed by atoms with Gasteiger partial charge in [0, 0.05) is 11.8 Å². The molecule has 0 radical (unpaired) electrons. The molecule has 3 N–H and O–H groups in total. The SMILES string of the molecule is CC[C@@H](N)C(=O)Nc1ccc(Cl)c(OC)c1. The highest BCUT2D eigenvalue weighted by Gasteiger charge is 2.11. The van der Waals surface area contributed by atoms with Crippen molar-refractivity contribution in [3.05, 3.63) is 23.2 Å². The average Bonchev–Trinajstić information content (AvgIpc) is 2.30. The van der Waals surface area contributed by atoms with Crippen molar-refractivity contribution in [3.8, 4) is 5.75 Å². The van der Waals surface area contributed by atoms with Crippen molar-refractivity contribution in [3.63, 3.8) is 0 Å². The Bertz CT molecular complexity index is 382. The summed E-state index contributed by atoms with van der Waals surface area (Å²) in [5.74, 6) is 0.302. The Balaban J connectivity index is 2.78. The molecular formula is C11H15ClN2O2. The molecule has 0 aliphatic rings. The Morgan fingerprint density at radius 3 is 2.88 bits per heavy atom. The van der Waals surface area contributed by atoms with Crippen LogP contribution in [0.3, 0.4) is 0 Å². The molecule has 1 rings (SSSR count). The lowest BCUT2D eigenvalue weighted by Gasteiger charge is -2.11. The monoisotopic (exact) mass is 242 g/mol. The zero-order valence-electron chi connectivity index (χ0n) is 9.29. The van der Waals surface area contributed by atoms with Crippen molar-refractivity contribution in [1.82, 2.24) is 0 Å². The van der Waals surface area contributed by atoms with Crippen LogP contribution in [0.15, 0.2) is 18.2 Å². The number of hydrogen-bond donors (Lipinski definition) is 2. The number of benzene rings is 1. The average molecular weight is 243 g/mol. The Morgan fingerprint density at radius 1 is 1.62 bits per heavy atom. The number of halogens is 1. The minimum absolute atomic E-state index is 0.216. The molecule has 4 nitrogen and oxygen atoms in total. The zero-order chi connectivity index (χ0) is 12.1. The van der Waals surface area contributed by atoms with Crippen molar-refractivity contribution in [2.45, 2.75) is 19.4 Å². The number of methoxy groups -OCH3 is 1. The number of carbonyl (C=O) groups is 1. The van der Waals surface area contributed by atoms with Gasteiger partial charge in [-0.2, -0.15) is 0 Å². The molecular weight excluding hydrogens is 228 g/mol. The second-order valence-corrected chi connectivity index (χ2v) is 3.76. The number of carbonyl (C=O) groups excluding carboxylic acids is 1. The molecule has 5 heteroatoms. The van der Waals surface area contributed by atoms with E-state index in [1.54, 1.807) is 18.2 Å². The van der Waals surface area contributed by atoms with Crippen LogP contribution in [0.25, 0.3) is 0 Å². The maximum atomic E-state index is 11.5. The predicted octanol–water partition coefficient (Wildman–Crippen LogP) is 2.02. The Labute approximate surface area is 99.7 Å².